The number of para-hydroxylation sites is 2. The molecule has 1 aliphatic rings. The number of amides is 2. The molecule has 3 aromatic rings. The minimum absolute atomic E-state index is 0.196. The molecule has 1 saturated heterocycles. The highest BCUT2D eigenvalue weighted by atomic mass is 32.1. The summed E-state index contributed by atoms with van der Waals surface area (Å²) in [6.45, 7) is 7.13. The lowest BCUT2D eigenvalue weighted by Gasteiger charge is -2.36. The third-order valence-corrected chi connectivity index (χ3v) is 6.12. The molecule has 3 heterocycles. The van der Waals surface area contributed by atoms with Crippen LogP contribution in [0.25, 0.3) is 0 Å². The largest absolute Gasteiger partial charge is 0.459 e. The van der Waals surface area contributed by atoms with Crippen LogP contribution in [0.1, 0.15) is 27.2 Å². The fraction of sp³-hybridized carbons (Fsp3) is 0.273. The van der Waals surface area contributed by atoms with Crippen molar-refractivity contribution in [3.8, 4) is 0 Å². The predicted molar refractivity (Wildman–Crippen MR) is 120 cm³/mol. The van der Waals surface area contributed by atoms with Gasteiger partial charge in [0.15, 0.2) is 5.76 Å². The van der Waals surface area contributed by atoms with Gasteiger partial charge in [0.25, 0.3) is 11.8 Å². The molecule has 4 rings (SSSR count). The van der Waals surface area contributed by atoms with Crippen LogP contribution in [-0.4, -0.2) is 49.4 Å². The zero-order valence-corrected chi connectivity index (χ0v) is 17.6. The van der Waals surface area contributed by atoms with Gasteiger partial charge in [-0.1, -0.05) is 19.1 Å². The van der Waals surface area contributed by atoms with Crippen molar-refractivity contribution in [1.82, 2.24) is 4.90 Å². The lowest BCUT2D eigenvalue weighted by Crippen LogP contribution is -2.46. The second-order valence-corrected chi connectivity index (χ2v) is 8.07. The topological polar surface area (TPSA) is 77.8 Å². The Morgan fingerprint density at radius 3 is 2.50 bits per heavy atom. The van der Waals surface area contributed by atoms with Crippen LogP contribution in [0.5, 0.6) is 0 Å². The molecule has 0 bridgehead atoms. The minimum atomic E-state index is -0.342. The van der Waals surface area contributed by atoms with Gasteiger partial charge in [0, 0.05) is 26.2 Å². The van der Waals surface area contributed by atoms with E-state index in [1.807, 2.05) is 24.3 Å². The first-order valence-corrected chi connectivity index (χ1v) is 10.8. The van der Waals surface area contributed by atoms with Crippen LogP contribution in [-0.2, 0) is 0 Å². The number of benzene rings is 1. The van der Waals surface area contributed by atoms with Crippen molar-refractivity contribution < 1.29 is 14.0 Å². The van der Waals surface area contributed by atoms with E-state index in [1.54, 1.807) is 24.3 Å². The lowest BCUT2D eigenvalue weighted by atomic mass is 10.2. The summed E-state index contributed by atoms with van der Waals surface area (Å²) in [4.78, 5) is 30.2. The number of hydrogen-bond acceptors (Lipinski definition) is 6. The Hall–Kier alpha value is -3.10. The molecule has 2 N–H and O–H groups in total. The van der Waals surface area contributed by atoms with Crippen molar-refractivity contribution in [2.75, 3.05) is 48.3 Å². The van der Waals surface area contributed by atoms with E-state index in [2.05, 4.69) is 27.4 Å². The van der Waals surface area contributed by atoms with E-state index in [0.717, 1.165) is 44.1 Å². The fourth-order valence-corrected chi connectivity index (χ4v) is 4.25. The van der Waals surface area contributed by atoms with Crippen molar-refractivity contribution in [2.45, 2.75) is 6.92 Å². The summed E-state index contributed by atoms with van der Waals surface area (Å²) in [5.74, 6) is -0.310. The van der Waals surface area contributed by atoms with Gasteiger partial charge >= 0.3 is 0 Å². The predicted octanol–water partition coefficient (Wildman–Crippen LogP) is 3.99. The van der Waals surface area contributed by atoms with Crippen LogP contribution in [0.4, 0.5) is 16.4 Å². The standard InChI is InChI=1S/C22H24N4O3S/c1-2-25-11-13-26(14-12-25)17-7-4-3-6-16(17)23-22(28)19-9-10-20(30-19)24-21(27)18-8-5-15-29-18/h3-10,15H,2,11-14H2,1H3,(H,23,28)(H,24,27). The zero-order chi connectivity index (χ0) is 20.9. The molecular formula is C22H24N4O3S. The first-order valence-electron chi connectivity index (χ1n) is 9.96. The maximum atomic E-state index is 12.8. The summed E-state index contributed by atoms with van der Waals surface area (Å²) in [5, 5.41) is 6.37. The number of furan rings is 1. The summed E-state index contributed by atoms with van der Waals surface area (Å²) >= 11 is 1.22. The first kappa shape index (κ1) is 20.2. The third-order valence-electron chi connectivity index (χ3n) is 5.12. The Morgan fingerprint density at radius 2 is 1.77 bits per heavy atom. The highest BCUT2D eigenvalue weighted by molar-refractivity contribution is 7.18. The van der Waals surface area contributed by atoms with Gasteiger partial charge in [0.1, 0.15) is 0 Å². The van der Waals surface area contributed by atoms with Crippen LogP contribution in [0.15, 0.2) is 59.2 Å². The highest BCUT2D eigenvalue weighted by Gasteiger charge is 2.20. The summed E-state index contributed by atoms with van der Waals surface area (Å²) in [5.41, 5.74) is 1.83. The van der Waals surface area contributed by atoms with Gasteiger partial charge < -0.3 is 24.9 Å². The Bertz CT molecular complexity index is 1010. The molecule has 2 amide bonds. The van der Waals surface area contributed by atoms with Gasteiger partial charge in [0.2, 0.25) is 0 Å². The molecule has 156 valence electrons. The fourth-order valence-electron chi connectivity index (χ4n) is 3.45. The number of carbonyl (C=O) groups excluding carboxylic acids is 2. The van der Waals surface area contributed by atoms with Gasteiger partial charge in [-0.25, -0.2) is 0 Å². The molecule has 0 unspecified atom stereocenters. The number of nitrogens with zero attached hydrogens (tertiary/aromatic N) is 2. The monoisotopic (exact) mass is 424 g/mol. The van der Waals surface area contributed by atoms with Gasteiger partial charge in [-0.2, -0.15) is 0 Å². The number of likely N-dealkylation sites (N-methyl/N-ethyl adjacent to an activating group) is 1. The second-order valence-electron chi connectivity index (χ2n) is 6.99. The van der Waals surface area contributed by atoms with Crippen LogP contribution in [0.3, 0.4) is 0 Å². The Balaban J connectivity index is 1.42. The average Bonchev–Trinajstić information content (AvgIpc) is 3.47. The molecule has 0 aliphatic carbocycles. The van der Waals surface area contributed by atoms with Crippen molar-refractivity contribution in [3.63, 3.8) is 0 Å². The summed E-state index contributed by atoms with van der Waals surface area (Å²) in [6, 6.07) is 14.6. The molecule has 0 radical (unpaired) electrons. The van der Waals surface area contributed by atoms with Crippen LogP contribution in [0, 0.1) is 0 Å². The zero-order valence-electron chi connectivity index (χ0n) is 16.8. The van der Waals surface area contributed by atoms with E-state index < -0.39 is 0 Å². The number of thiophene rings is 1. The highest BCUT2D eigenvalue weighted by Crippen LogP contribution is 2.29. The number of piperazine rings is 1. The average molecular weight is 425 g/mol. The number of anilines is 3. The first-order chi connectivity index (χ1) is 14.6. The molecule has 30 heavy (non-hydrogen) atoms. The molecule has 1 aliphatic heterocycles. The summed E-state index contributed by atoms with van der Waals surface area (Å²) in [7, 11) is 0. The van der Waals surface area contributed by atoms with Crippen molar-refractivity contribution in [3.05, 3.63) is 65.4 Å². The van der Waals surface area contributed by atoms with Gasteiger partial charge in [-0.05, 0) is 42.9 Å². The molecule has 7 nitrogen and oxygen atoms in total. The second kappa shape index (κ2) is 9.15. The maximum absolute atomic E-state index is 12.8. The van der Waals surface area contributed by atoms with Crippen molar-refractivity contribution in [1.29, 1.82) is 0 Å². The SMILES string of the molecule is CCN1CCN(c2ccccc2NC(=O)c2ccc(NC(=O)c3ccco3)s2)CC1. The normalized spacial score (nSPS) is 14.5. The molecule has 1 fully saturated rings. The quantitative estimate of drug-likeness (QED) is 0.626. The minimum Gasteiger partial charge on any atom is -0.459 e. The summed E-state index contributed by atoms with van der Waals surface area (Å²) < 4.78 is 5.09. The third kappa shape index (κ3) is 4.55. The van der Waals surface area contributed by atoms with E-state index in [-0.39, 0.29) is 17.6 Å². The van der Waals surface area contributed by atoms with Crippen molar-refractivity contribution >= 4 is 39.5 Å². The number of carbonyl (C=O) groups is 2. The molecule has 0 spiro atoms. The molecule has 8 heteroatoms. The van der Waals surface area contributed by atoms with E-state index >= 15 is 0 Å². The van der Waals surface area contributed by atoms with E-state index in [4.69, 9.17) is 4.42 Å². The van der Waals surface area contributed by atoms with Crippen molar-refractivity contribution in [2.24, 2.45) is 0 Å². The number of hydrogen-bond donors (Lipinski definition) is 2. The lowest BCUT2D eigenvalue weighted by molar-refractivity contribution is 0.0995. The van der Waals surface area contributed by atoms with E-state index in [1.165, 1.54) is 17.6 Å². The Kier molecular flexibility index (Phi) is 6.15. The van der Waals surface area contributed by atoms with Gasteiger partial charge in [-0.15, -0.1) is 11.3 Å². The van der Waals surface area contributed by atoms with Crippen LogP contribution >= 0.6 is 11.3 Å². The molecule has 0 saturated carbocycles. The molecule has 2 aromatic heterocycles. The summed E-state index contributed by atoms with van der Waals surface area (Å²) in [6.07, 6.45) is 1.45. The van der Waals surface area contributed by atoms with Gasteiger partial charge in [-0.3, -0.25) is 9.59 Å². The molecule has 1 aromatic carbocycles. The van der Waals surface area contributed by atoms with Gasteiger partial charge in [0.05, 0.1) is 27.5 Å². The number of nitrogens with one attached hydrogen (secondary N) is 2. The molecular weight excluding hydrogens is 400 g/mol. The molecule has 0 atom stereocenters. The Labute approximate surface area is 179 Å². The van der Waals surface area contributed by atoms with Crippen LogP contribution in [0.2, 0.25) is 0 Å². The van der Waals surface area contributed by atoms with E-state index in [9.17, 15) is 9.59 Å². The Morgan fingerprint density at radius 1 is 0.967 bits per heavy atom. The van der Waals surface area contributed by atoms with E-state index in [0.29, 0.717) is 9.88 Å². The smallest absolute Gasteiger partial charge is 0.291 e. The maximum Gasteiger partial charge on any atom is 0.291 e. The number of rotatable bonds is 6. The van der Waals surface area contributed by atoms with Crippen LogP contribution < -0.4 is 15.5 Å².